The van der Waals surface area contributed by atoms with E-state index < -0.39 is 0 Å². The van der Waals surface area contributed by atoms with Gasteiger partial charge in [0.05, 0.1) is 6.61 Å². The van der Waals surface area contributed by atoms with Crippen LogP contribution in [0.1, 0.15) is 12.0 Å². The highest BCUT2D eigenvalue weighted by molar-refractivity contribution is 5.48. The van der Waals surface area contributed by atoms with Gasteiger partial charge in [-0.2, -0.15) is 0 Å². The minimum absolute atomic E-state index is 0.529. The second kappa shape index (κ2) is 9.42. The second-order valence-electron chi connectivity index (χ2n) is 4.17. The van der Waals surface area contributed by atoms with Crippen molar-refractivity contribution in [2.24, 2.45) is 0 Å². The van der Waals surface area contributed by atoms with Crippen LogP contribution in [0.5, 0.6) is 5.75 Å². The summed E-state index contributed by atoms with van der Waals surface area (Å²) >= 11 is 0. The SMILES string of the molecule is C=CCc1cc(N)ccc1OCCOCCCOC. The van der Waals surface area contributed by atoms with Crippen LogP contribution in [-0.4, -0.2) is 33.5 Å². The summed E-state index contributed by atoms with van der Waals surface area (Å²) in [6.07, 6.45) is 3.48. The summed E-state index contributed by atoms with van der Waals surface area (Å²) in [7, 11) is 1.69. The summed E-state index contributed by atoms with van der Waals surface area (Å²) in [6.45, 7) is 6.25. The maximum atomic E-state index is 5.75. The molecule has 1 rings (SSSR count). The molecule has 0 saturated heterocycles. The van der Waals surface area contributed by atoms with Crippen LogP contribution < -0.4 is 10.5 Å². The van der Waals surface area contributed by atoms with Crippen LogP contribution >= 0.6 is 0 Å². The Bertz CT molecular complexity index is 380. The summed E-state index contributed by atoms with van der Waals surface area (Å²) in [6, 6.07) is 5.64. The van der Waals surface area contributed by atoms with E-state index in [1.807, 2.05) is 24.3 Å². The van der Waals surface area contributed by atoms with Crippen LogP contribution in [0.2, 0.25) is 0 Å². The Hall–Kier alpha value is -1.52. The molecule has 0 unspecified atom stereocenters. The quantitative estimate of drug-likeness (QED) is 0.401. The molecule has 0 aliphatic heterocycles. The van der Waals surface area contributed by atoms with E-state index in [4.69, 9.17) is 19.9 Å². The lowest BCUT2D eigenvalue weighted by Gasteiger charge is -2.11. The Morgan fingerprint density at radius 3 is 2.79 bits per heavy atom. The Balaban J connectivity index is 2.30. The normalized spacial score (nSPS) is 10.4. The van der Waals surface area contributed by atoms with E-state index in [1.165, 1.54) is 0 Å². The molecular weight excluding hydrogens is 242 g/mol. The molecule has 0 atom stereocenters. The van der Waals surface area contributed by atoms with Crippen LogP contribution in [0.4, 0.5) is 5.69 Å². The number of nitrogen functional groups attached to an aromatic ring is 1. The molecule has 19 heavy (non-hydrogen) atoms. The van der Waals surface area contributed by atoms with Gasteiger partial charge in [-0.15, -0.1) is 6.58 Å². The van der Waals surface area contributed by atoms with Crippen molar-refractivity contribution in [3.63, 3.8) is 0 Å². The van der Waals surface area contributed by atoms with Crippen molar-refractivity contribution in [2.45, 2.75) is 12.8 Å². The van der Waals surface area contributed by atoms with E-state index in [1.54, 1.807) is 7.11 Å². The third kappa shape index (κ3) is 6.27. The minimum atomic E-state index is 0.529. The maximum absolute atomic E-state index is 5.75. The van der Waals surface area contributed by atoms with Crippen molar-refractivity contribution in [3.8, 4) is 5.75 Å². The van der Waals surface area contributed by atoms with Gasteiger partial charge >= 0.3 is 0 Å². The first-order valence-corrected chi connectivity index (χ1v) is 6.46. The van der Waals surface area contributed by atoms with Gasteiger partial charge < -0.3 is 19.9 Å². The van der Waals surface area contributed by atoms with Crippen molar-refractivity contribution in [1.82, 2.24) is 0 Å². The van der Waals surface area contributed by atoms with Crippen molar-refractivity contribution in [1.29, 1.82) is 0 Å². The lowest BCUT2D eigenvalue weighted by molar-refractivity contribution is 0.0804. The fraction of sp³-hybridized carbons (Fsp3) is 0.467. The fourth-order valence-electron chi connectivity index (χ4n) is 1.67. The van der Waals surface area contributed by atoms with Crippen molar-refractivity contribution >= 4 is 5.69 Å². The van der Waals surface area contributed by atoms with Crippen molar-refractivity contribution < 1.29 is 14.2 Å². The zero-order chi connectivity index (χ0) is 13.9. The fourth-order valence-corrected chi connectivity index (χ4v) is 1.67. The predicted octanol–water partition coefficient (Wildman–Crippen LogP) is 2.43. The first-order chi connectivity index (χ1) is 9.27. The minimum Gasteiger partial charge on any atom is -0.491 e. The summed E-state index contributed by atoms with van der Waals surface area (Å²) in [5, 5.41) is 0. The van der Waals surface area contributed by atoms with Gasteiger partial charge in [-0.05, 0) is 36.6 Å². The highest BCUT2D eigenvalue weighted by Gasteiger charge is 2.03. The third-order valence-electron chi connectivity index (χ3n) is 2.57. The molecule has 1 aromatic rings. The van der Waals surface area contributed by atoms with Crippen LogP contribution in [0.3, 0.4) is 0 Å². The number of hydrogen-bond donors (Lipinski definition) is 1. The Morgan fingerprint density at radius 2 is 2.05 bits per heavy atom. The Morgan fingerprint density at radius 1 is 1.21 bits per heavy atom. The molecule has 0 saturated carbocycles. The summed E-state index contributed by atoms with van der Waals surface area (Å²) in [5.74, 6) is 0.842. The third-order valence-corrected chi connectivity index (χ3v) is 2.57. The molecule has 0 radical (unpaired) electrons. The average molecular weight is 265 g/mol. The standard InChI is InChI=1S/C15H23NO3/c1-3-5-13-12-14(16)6-7-15(13)19-11-10-18-9-4-8-17-2/h3,6-7,12H,1,4-5,8-11,16H2,2H3. The van der Waals surface area contributed by atoms with Crippen LogP contribution in [-0.2, 0) is 15.9 Å². The van der Waals surface area contributed by atoms with E-state index in [9.17, 15) is 0 Å². The van der Waals surface area contributed by atoms with E-state index in [-0.39, 0.29) is 0 Å². The topological polar surface area (TPSA) is 53.7 Å². The molecule has 4 heteroatoms. The van der Waals surface area contributed by atoms with Crippen LogP contribution in [0, 0.1) is 0 Å². The molecule has 106 valence electrons. The average Bonchev–Trinajstić information content (AvgIpc) is 2.40. The molecule has 0 aromatic heterocycles. The van der Waals surface area contributed by atoms with Crippen LogP contribution in [0.25, 0.3) is 0 Å². The largest absolute Gasteiger partial charge is 0.491 e. The van der Waals surface area contributed by atoms with E-state index in [0.717, 1.165) is 36.4 Å². The lowest BCUT2D eigenvalue weighted by Crippen LogP contribution is -2.09. The van der Waals surface area contributed by atoms with E-state index in [0.29, 0.717) is 19.8 Å². The molecule has 2 N–H and O–H groups in total. The van der Waals surface area contributed by atoms with Gasteiger partial charge in [0.25, 0.3) is 0 Å². The van der Waals surface area contributed by atoms with Gasteiger partial charge in [-0.1, -0.05) is 6.08 Å². The summed E-state index contributed by atoms with van der Waals surface area (Å²) < 4.78 is 16.1. The maximum Gasteiger partial charge on any atom is 0.123 e. The first kappa shape index (κ1) is 15.5. The summed E-state index contributed by atoms with van der Waals surface area (Å²) in [4.78, 5) is 0. The molecule has 0 spiro atoms. The molecule has 0 amide bonds. The Labute approximate surface area is 115 Å². The van der Waals surface area contributed by atoms with Gasteiger partial charge in [0.2, 0.25) is 0 Å². The zero-order valence-corrected chi connectivity index (χ0v) is 11.6. The van der Waals surface area contributed by atoms with Gasteiger partial charge in [0.1, 0.15) is 12.4 Å². The smallest absolute Gasteiger partial charge is 0.123 e. The number of benzene rings is 1. The number of anilines is 1. The van der Waals surface area contributed by atoms with E-state index >= 15 is 0 Å². The van der Waals surface area contributed by atoms with Gasteiger partial charge in [-0.3, -0.25) is 0 Å². The zero-order valence-electron chi connectivity index (χ0n) is 11.6. The summed E-state index contributed by atoms with van der Waals surface area (Å²) in [5.41, 5.74) is 7.54. The van der Waals surface area contributed by atoms with Crippen molar-refractivity contribution in [2.75, 3.05) is 39.3 Å². The molecule has 0 bridgehead atoms. The van der Waals surface area contributed by atoms with Crippen LogP contribution in [0.15, 0.2) is 30.9 Å². The van der Waals surface area contributed by atoms with Gasteiger partial charge in [0.15, 0.2) is 0 Å². The molecule has 0 heterocycles. The number of rotatable bonds is 10. The predicted molar refractivity (Wildman–Crippen MR) is 77.6 cm³/mol. The number of hydrogen-bond acceptors (Lipinski definition) is 4. The first-order valence-electron chi connectivity index (χ1n) is 6.46. The number of nitrogens with two attached hydrogens (primary N) is 1. The molecule has 0 fully saturated rings. The highest BCUT2D eigenvalue weighted by atomic mass is 16.5. The molecule has 0 aliphatic rings. The number of methoxy groups -OCH3 is 1. The molecule has 4 nitrogen and oxygen atoms in total. The Kier molecular flexibility index (Phi) is 7.70. The lowest BCUT2D eigenvalue weighted by atomic mass is 10.1. The van der Waals surface area contributed by atoms with E-state index in [2.05, 4.69) is 6.58 Å². The highest BCUT2D eigenvalue weighted by Crippen LogP contribution is 2.22. The second-order valence-corrected chi connectivity index (χ2v) is 4.17. The molecule has 0 aliphatic carbocycles. The molecule has 1 aromatic carbocycles. The monoisotopic (exact) mass is 265 g/mol. The van der Waals surface area contributed by atoms with Gasteiger partial charge in [-0.25, -0.2) is 0 Å². The number of ether oxygens (including phenoxy) is 3. The molecular formula is C15H23NO3. The van der Waals surface area contributed by atoms with Gasteiger partial charge in [0, 0.05) is 26.0 Å². The number of allylic oxidation sites excluding steroid dienone is 1. The van der Waals surface area contributed by atoms with Crippen molar-refractivity contribution in [3.05, 3.63) is 36.4 Å².